The van der Waals surface area contributed by atoms with E-state index in [2.05, 4.69) is 15.6 Å². The topological polar surface area (TPSA) is 115 Å². The summed E-state index contributed by atoms with van der Waals surface area (Å²) in [6, 6.07) is 4.73. The minimum Gasteiger partial charge on any atom is -0.493 e. The molecule has 1 aromatic rings. The average Bonchev–Trinajstić information content (AvgIpc) is 3.62. The Bertz CT molecular complexity index is 816. The van der Waals surface area contributed by atoms with Crippen molar-refractivity contribution in [2.75, 3.05) is 20.8 Å². The van der Waals surface area contributed by atoms with Crippen molar-refractivity contribution < 1.29 is 19.1 Å². The van der Waals surface area contributed by atoms with Gasteiger partial charge in [-0.25, -0.2) is 4.99 Å². The van der Waals surface area contributed by atoms with Crippen LogP contribution < -0.4 is 25.8 Å². The van der Waals surface area contributed by atoms with Gasteiger partial charge >= 0.3 is 0 Å². The van der Waals surface area contributed by atoms with Gasteiger partial charge in [-0.1, -0.05) is 38.2 Å². The lowest BCUT2D eigenvalue weighted by Gasteiger charge is -2.24. The van der Waals surface area contributed by atoms with Crippen molar-refractivity contribution in [2.45, 2.75) is 63.8 Å². The van der Waals surface area contributed by atoms with Gasteiger partial charge in [-0.2, -0.15) is 0 Å². The highest BCUT2D eigenvalue weighted by atomic mass is 16.5. The SMILES string of the molecule is COc1ccc(CC(=O)NC(N)=N[C@H](CC2CCCCC2)C(=O)NCC2CC2)cc1OC. The molecular weight excluding hydrogens is 408 g/mol. The molecule has 0 heterocycles. The van der Waals surface area contributed by atoms with Crippen LogP contribution in [-0.4, -0.2) is 44.6 Å². The molecule has 4 N–H and O–H groups in total. The molecule has 2 amide bonds. The number of carbonyl (C=O) groups is 2. The van der Waals surface area contributed by atoms with Crippen LogP contribution >= 0.6 is 0 Å². The maximum absolute atomic E-state index is 12.8. The molecule has 2 saturated carbocycles. The Labute approximate surface area is 190 Å². The molecule has 1 aromatic carbocycles. The smallest absolute Gasteiger partial charge is 0.244 e. The fourth-order valence-corrected chi connectivity index (χ4v) is 4.20. The Morgan fingerprint density at radius 2 is 1.78 bits per heavy atom. The fraction of sp³-hybridized carbons (Fsp3) is 0.625. The molecule has 2 aliphatic rings. The van der Waals surface area contributed by atoms with Crippen LogP contribution in [0.5, 0.6) is 11.5 Å². The Morgan fingerprint density at radius 1 is 1.06 bits per heavy atom. The number of rotatable bonds is 10. The van der Waals surface area contributed by atoms with E-state index < -0.39 is 6.04 Å². The normalized spacial score (nSPS) is 18.0. The first-order valence-electron chi connectivity index (χ1n) is 11.6. The maximum Gasteiger partial charge on any atom is 0.244 e. The molecule has 2 fully saturated rings. The van der Waals surface area contributed by atoms with E-state index in [-0.39, 0.29) is 24.2 Å². The largest absolute Gasteiger partial charge is 0.493 e. The quantitative estimate of drug-likeness (QED) is 0.379. The molecule has 0 aromatic heterocycles. The molecule has 0 bridgehead atoms. The number of nitrogens with one attached hydrogen (secondary N) is 2. The van der Waals surface area contributed by atoms with Gasteiger partial charge in [0.25, 0.3) is 0 Å². The second-order valence-corrected chi connectivity index (χ2v) is 8.87. The standard InChI is InChI=1S/C24H36N4O4/c1-31-20-11-10-18(13-21(20)32-2)14-22(29)28-24(25)27-19(12-16-6-4-3-5-7-16)23(30)26-15-17-8-9-17/h10-11,13,16-17,19H,3-9,12,14-15H2,1-2H3,(H,26,30)(H3,25,27,28,29)/t19-/m1/s1. The van der Waals surface area contributed by atoms with Crippen molar-refractivity contribution in [3.63, 3.8) is 0 Å². The van der Waals surface area contributed by atoms with Crippen LogP contribution in [-0.2, 0) is 16.0 Å². The molecule has 1 atom stereocenters. The van der Waals surface area contributed by atoms with Gasteiger partial charge in [-0.05, 0) is 48.8 Å². The molecule has 0 radical (unpaired) electrons. The maximum atomic E-state index is 12.8. The van der Waals surface area contributed by atoms with Crippen molar-refractivity contribution in [3.8, 4) is 11.5 Å². The van der Waals surface area contributed by atoms with Crippen LogP contribution in [0.3, 0.4) is 0 Å². The average molecular weight is 445 g/mol. The summed E-state index contributed by atoms with van der Waals surface area (Å²) in [4.78, 5) is 29.7. The zero-order valence-electron chi connectivity index (χ0n) is 19.2. The predicted octanol–water partition coefficient (Wildman–Crippen LogP) is 2.54. The van der Waals surface area contributed by atoms with Gasteiger partial charge in [0, 0.05) is 6.54 Å². The lowest BCUT2D eigenvalue weighted by atomic mass is 9.85. The van der Waals surface area contributed by atoms with Crippen LogP contribution in [0.1, 0.15) is 56.9 Å². The van der Waals surface area contributed by atoms with E-state index in [0.717, 1.165) is 18.4 Å². The summed E-state index contributed by atoms with van der Waals surface area (Å²) in [5.41, 5.74) is 6.79. The first-order chi connectivity index (χ1) is 15.5. The van der Waals surface area contributed by atoms with Gasteiger partial charge < -0.3 is 20.5 Å². The van der Waals surface area contributed by atoms with E-state index in [4.69, 9.17) is 15.2 Å². The third kappa shape index (κ3) is 7.43. The zero-order chi connectivity index (χ0) is 22.9. The van der Waals surface area contributed by atoms with Crippen LogP contribution in [0.4, 0.5) is 0 Å². The Morgan fingerprint density at radius 3 is 2.44 bits per heavy atom. The van der Waals surface area contributed by atoms with E-state index in [0.29, 0.717) is 36.3 Å². The Hall–Kier alpha value is -2.77. The highest BCUT2D eigenvalue weighted by Gasteiger charge is 2.27. The number of carbonyl (C=O) groups excluding carboxylic acids is 2. The third-order valence-corrected chi connectivity index (χ3v) is 6.22. The highest BCUT2D eigenvalue weighted by Crippen LogP contribution is 2.30. The van der Waals surface area contributed by atoms with Crippen molar-refractivity contribution in [3.05, 3.63) is 23.8 Å². The van der Waals surface area contributed by atoms with Gasteiger partial charge in [0.1, 0.15) is 6.04 Å². The van der Waals surface area contributed by atoms with Crippen LogP contribution in [0.25, 0.3) is 0 Å². The Balaban J connectivity index is 1.60. The number of methoxy groups -OCH3 is 2. The van der Waals surface area contributed by atoms with Crippen molar-refractivity contribution >= 4 is 17.8 Å². The summed E-state index contributed by atoms with van der Waals surface area (Å²) in [6.07, 6.45) is 9.01. The summed E-state index contributed by atoms with van der Waals surface area (Å²) in [6.45, 7) is 0.696. The van der Waals surface area contributed by atoms with Gasteiger partial charge in [-0.15, -0.1) is 0 Å². The molecule has 8 nitrogen and oxygen atoms in total. The summed E-state index contributed by atoms with van der Waals surface area (Å²) >= 11 is 0. The second kappa shape index (κ2) is 11.7. The molecule has 0 spiro atoms. The first kappa shape index (κ1) is 23.9. The van der Waals surface area contributed by atoms with E-state index in [1.807, 2.05) is 0 Å². The summed E-state index contributed by atoms with van der Waals surface area (Å²) in [7, 11) is 3.11. The number of hydrogen-bond donors (Lipinski definition) is 3. The summed E-state index contributed by atoms with van der Waals surface area (Å²) in [5, 5.41) is 5.65. The molecule has 8 heteroatoms. The van der Waals surface area contributed by atoms with Crippen LogP contribution in [0, 0.1) is 11.8 Å². The van der Waals surface area contributed by atoms with Crippen molar-refractivity contribution in [1.29, 1.82) is 0 Å². The number of benzene rings is 1. The molecular formula is C24H36N4O4. The number of amides is 2. The number of nitrogens with two attached hydrogens (primary N) is 1. The van der Waals surface area contributed by atoms with E-state index in [1.165, 1.54) is 32.1 Å². The molecule has 2 aliphatic carbocycles. The van der Waals surface area contributed by atoms with Gasteiger partial charge in [0.15, 0.2) is 17.5 Å². The van der Waals surface area contributed by atoms with Gasteiger partial charge in [0.05, 0.1) is 20.6 Å². The van der Waals surface area contributed by atoms with E-state index in [1.54, 1.807) is 32.4 Å². The van der Waals surface area contributed by atoms with Gasteiger partial charge in [0.2, 0.25) is 11.8 Å². The molecule has 0 unspecified atom stereocenters. The molecule has 0 saturated heterocycles. The number of ether oxygens (including phenoxy) is 2. The number of nitrogens with zero attached hydrogens (tertiary/aromatic N) is 1. The number of hydrogen-bond acceptors (Lipinski definition) is 5. The first-order valence-corrected chi connectivity index (χ1v) is 11.6. The number of guanidine groups is 1. The summed E-state index contributed by atoms with van der Waals surface area (Å²) < 4.78 is 10.5. The highest BCUT2D eigenvalue weighted by molar-refractivity contribution is 5.98. The molecule has 176 valence electrons. The van der Waals surface area contributed by atoms with Crippen LogP contribution in [0.2, 0.25) is 0 Å². The lowest BCUT2D eigenvalue weighted by molar-refractivity contribution is -0.123. The molecule has 0 aliphatic heterocycles. The number of aliphatic imine (C=N–C) groups is 1. The monoisotopic (exact) mass is 444 g/mol. The molecule has 3 rings (SSSR count). The minimum absolute atomic E-state index is 0.0159. The molecule has 32 heavy (non-hydrogen) atoms. The van der Waals surface area contributed by atoms with Crippen molar-refractivity contribution in [1.82, 2.24) is 10.6 Å². The van der Waals surface area contributed by atoms with E-state index >= 15 is 0 Å². The van der Waals surface area contributed by atoms with Crippen molar-refractivity contribution in [2.24, 2.45) is 22.6 Å². The lowest BCUT2D eigenvalue weighted by Crippen LogP contribution is -2.42. The minimum atomic E-state index is -0.571. The zero-order valence-corrected chi connectivity index (χ0v) is 19.2. The van der Waals surface area contributed by atoms with Crippen LogP contribution in [0.15, 0.2) is 23.2 Å². The predicted molar refractivity (Wildman–Crippen MR) is 124 cm³/mol. The fourth-order valence-electron chi connectivity index (χ4n) is 4.20. The Kier molecular flexibility index (Phi) is 8.76. The van der Waals surface area contributed by atoms with E-state index in [9.17, 15) is 9.59 Å². The third-order valence-electron chi connectivity index (χ3n) is 6.22. The van der Waals surface area contributed by atoms with Gasteiger partial charge in [-0.3, -0.25) is 14.9 Å². The summed E-state index contributed by atoms with van der Waals surface area (Å²) in [5.74, 6) is 1.81. The second-order valence-electron chi connectivity index (χ2n) is 8.87.